The lowest BCUT2D eigenvalue weighted by Gasteiger charge is -2.20. The van der Waals surface area contributed by atoms with E-state index in [2.05, 4.69) is 0 Å². The van der Waals surface area contributed by atoms with Crippen LogP contribution in [0.25, 0.3) is 0 Å². The Morgan fingerprint density at radius 1 is 1.35 bits per heavy atom. The summed E-state index contributed by atoms with van der Waals surface area (Å²) in [6.45, 7) is 6.62. The lowest BCUT2D eigenvalue weighted by Crippen LogP contribution is -2.32. The van der Waals surface area contributed by atoms with Gasteiger partial charge < -0.3 is 9.84 Å². The zero-order chi connectivity index (χ0) is 15.6. The van der Waals surface area contributed by atoms with Crippen LogP contribution in [0.15, 0.2) is 18.2 Å². The van der Waals surface area contributed by atoms with Gasteiger partial charge in [-0.05, 0) is 45.9 Å². The maximum Gasteiger partial charge on any atom is 0.158 e. The highest BCUT2D eigenvalue weighted by Crippen LogP contribution is 2.28. The SMILES string of the molecule is CC(O)c1cc(Cl)ccc1OCCS(=O)(=O)C(C)(C)C. The second kappa shape index (κ2) is 6.33. The summed E-state index contributed by atoms with van der Waals surface area (Å²) < 4.78 is 28.6. The minimum Gasteiger partial charge on any atom is -0.492 e. The van der Waals surface area contributed by atoms with Crippen molar-refractivity contribution in [3.8, 4) is 5.75 Å². The maximum atomic E-state index is 12.0. The molecule has 0 radical (unpaired) electrons. The van der Waals surface area contributed by atoms with Crippen molar-refractivity contribution >= 4 is 21.4 Å². The molecule has 0 saturated carbocycles. The van der Waals surface area contributed by atoms with Crippen LogP contribution in [0, 0.1) is 0 Å². The van der Waals surface area contributed by atoms with E-state index in [0.29, 0.717) is 16.3 Å². The Hall–Kier alpha value is -0.780. The van der Waals surface area contributed by atoms with E-state index < -0.39 is 20.7 Å². The molecule has 1 aromatic carbocycles. The molecule has 1 atom stereocenters. The third kappa shape index (κ3) is 4.36. The van der Waals surface area contributed by atoms with Crippen molar-refractivity contribution in [3.05, 3.63) is 28.8 Å². The summed E-state index contributed by atoms with van der Waals surface area (Å²) in [6, 6.07) is 4.88. The summed E-state index contributed by atoms with van der Waals surface area (Å²) >= 11 is 5.86. The number of benzene rings is 1. The van der Waals surface area contributed by atoms with Crippen molar-refractivity contribution < 1.29 is 18.3 Å². The molecule has 0 amide bonds. The molecule has 0 fully saturated rings. The topological polar surface area (TPSA) is 63.6 Å². The van der Waals surface area contributed by atoms with Crippen molar-refractivity contribution in [2.75, 3.05) is 12.4 Å². The first kappa shape index (κ1) is 17.3. The van der Waals surface area contributed by atoms with Gasteiger partial charge in [-0.2, -0.15) is 0 Å². The van der Waals surface area contributed by atoms with Crippen molar-refractivity contribution in [1.29, 1.82) is 0 Å². The number of halogens is 1. The highest BCUT2D eigenvalue weighted by Gasteiger charge is 2.28. The molecule has 0 aliphatic heterocycles. The summed E-state index contributed by atoms with van der Waals surface area (Å²) in [4.78, 5) is 0. The largest absolute Gasteiger partial charge is 0.492 e. The van der Waals surface area contributed by atoms with Crippen molar-refractivity contribution in [3.63, 3.8) is 0 Å². The van der Waals surface area contributed by atoms with Crippen LogP contribution < -0.4 is 4.74 Å². The molecule has 114 valence electrons. The van der Waals surface area contributed by atoms with E-state index in [-0.39, 0.29) is 12.4 Å². The standard InChI is InChI=1S/C14H21ClO4S/c1-10(16)12-9-11(15)5-6-13(12)19-7-8-20(17,18)14(2,3)4/h5-6,9-10,16H,7-8H2,1-4H3. The van der Waals surface area contributed by atoms with Crippen molar-refractivity contribution in [2.45, 2.75) is 38.5 Å². The number of aliphatic hydroxyl groups is 1. The van der Waals surface area contributed by atoms with Crippen LogP contribution in [-0.4, -0.2) is 30.6 Å². The third-order valence-electron chi connectivity index (χ3n) is 2.96. The van der Waals surface area contributed by atoms with Crippen LogP contribution in [0.3, 0.4) is 0 Å². The second-order valence-electron chi connectivity index (χ2n) is 5.64. The van der Waals surface area contributed by atoms with E-state index in [1.807, 2.05) is 0 Å². The van der Waals surface area contributed by atoms with Gasteiger partial charge in [0.2, 0.25) is 0 Å². The molecule has 1 unspecified atom stereocenters. The van der Waals surface area contributed by atoms with Crippen LogP contribution >= 0.6 is 11.6 Å². The van der Waals surface area contributed by atoms with Gasteiger partial charge in [0, 0.05) is 10.6 Å². The summed E-state index contributed by atoms with van der Waals surface area (Å²) in [5.74, 6) is 0.381. The molecule has 1 aromatic rings. The Balaban J connectivity index is 2.77. The summed E-state index contributed by atoms with van der Waals surface area (Å²) in [7, 11) is -3.22. The molecule has 0 bridgehead atoms. The number of ether oxygens (including phenoxy) is 1. The van der Waals surface area contributed by atoms with E-state index >= 15 is 0 Å². The number of sulfone groups is 1. The third-order valence-corrected chi connectivity index (χ3v) is 5.77. The van der Waals surface area contributed by atoms with Crippen molar-refractivity contribution in [2.24, 2.45) is 0 Å². The lowest BCUT2D eigenvalue weighted by atomic mass is 10.1. The van der Waals surface area contributed by atoms with Gasteiger partial charge in [0.05, 0.1) is 16.6 Å². The van der Waals surface area contributed by atoms with Gasteiger partial charge in [0.25, 0.3) is 0 Å². The van der Waals surface area contributed by atoms with Crippen LogP contribution in [0.5, 0.6) is 5.75 Å². The smallest absolute Gasteiger partial charge is 0.158 e. The van der Waals surface area contributed by atoms with Gasteiger partial charge in [-0.3, -0.25) is 0 Å². The molecule has 0 spiro atoms. The Kier molecular flexibility index (Phi) is 5.46. The average Bonchev–Trinajstić information content (AvgIpc) is 2.29. The summed E-state index contributed by atoms with van der Waals surface area (Å²) in [5, 5.41) is 10.2. The molecule has 0 aromatic heterocycles. The Bertz CT molecular complexity index is 559. The minimum atomic E-state index is -3.22. The minimum absolute atomic E-state index is 0.0426. The van der Waals surface area contributed by atoms with Gasteiger partial charge in [0.1, 0.15) is 12.4 Å². The molecular formula is C14H21ClO4S. The first-order chi connectivity index (χ1) is 9.04. The average molecular weight is 321 g/mol. The van der Waals surface area contributed by atoms with Gasteiger partial charge in [-0.25, -0.2) is 8.42 Å². The van der Waals surface area contributed by atoms with Crippen LogP contribution in [0.2, 0.25) is 5.02 Å². The Labute approximate surface area is 125 Å². The van der Waals surface area contributed by atoms with Crippen LogP contribution in [0.4, 0.5) is 0 Å². The second-order valence-corrected chi connectivity index (χ2v) is 8.94. The first-order valence-corrected chi connectivity index (χ1v) is 8.40. The van der Waals surface area contributed by atoms with E-state index in [9.17, 15) is 13.5 Å². The van der Waals surface area contributed by atoms with Gasteiger partial charge in [-0.1, -0.05) is 11.6 Å². The van der Waals surface area contributed by atoms with E-state index in [4.69, 9.17) is 16.3 Å². The highest BCUT2D eigenvalue weighted by atomic mass is 35.5. The molecule has 0 aliphatic carbocycles. The fraction of sp³-hybridized carbons (Fsp3) is 0.571. The molecule has 4 nitrogen and oxygen atoms in total. The zero-order valence-electron chi connectivity index (χ0n) is 12.2. The molecular weight excluding hydrogens is 300 g/mol. The Morgan fingerprint density at radius 2 is 1.95 bits per heavy atom. The monoisotopic (exact) mass is 320 g/mol. The predicted octanol–water partition coefficient (Wildman–Crippen LogP) is 2.99. The number of hydrogen-bond acceptors (Lipinski definition) is 4. The normalized spacial score (nSPS) is 14.1. The molecule has 0 aliphatic rings. The summed E-state index contributed by atoms with van der Waals surface area (Å²) in [5.41, 5.74) is 0.547. The molecule has 20 heavy (non-hydrogen) atoms. The fourth-order valence-electron chi connectivity index (χ4n) is 1.54. The van der Waals surface area contributed by atoms with E-state index in [0.717, 1.165) is 0 Å². The van der Waals surface area contributed by atoms with E-state index in [1.165, 1.54) is 0 Å². The van der Waals surface area contributed by atoms with E-state index in [1.54, 1.807) is 45.9 Å². The predicted molar refractivity (Wildman–Crippen MR) is 81.1 cm³/mol. The molecule has 0 saturated heterocycles. The van der Waals surface area contributed by atoms with Gasteiger partial charge in [0.15, 0.2) is 9.84 Å². The highest BCUT2D eigenvalue weighted by molar-refractivity contribution is 7.92. The molecule has 1 rings (SSSR count). The van der Waals surface area contributed by atoms with Crippen LogP contribution in [-0.2, 0) is 9.84 Å². The molecule has 0 heterocycles. The van der Waals surface area contributed by atoms with Gasteiger partial charge >= 0.3 is 0 Å². The van der Waals surface area contributed by atoms with Crippen molar-refractivity contribution in [1.82, 2.24) is 0 Å². The maximum absolute atomic E-state index is 12.0. The van der Waals surface area contributed by atoms with Gasteiger partial charge in [-0.15, -0.1) is 0 Å². The quantitative estimate of drug-likeness (QED) is 0.906. The number of hydrogen-bond donors (Lipinski definition) is 1. The Morgan fingerprint density at radius 3 is 2.45 bits per heavy atom. The molecule has 6 heteroatoms. The molecule has 1 N–H and O–H groups in total. The van der Waals surface area contributed by atoms with Crippen LogP contribution in [0.1, 0.15) is 39.4 Å². The zero-order valence-corrected chi connectivity index (χ0v) is 13.8. The number of rotatable bonds is 5. The number of aliphatic hydroxyl groups excluding tert-OH is 1. The fourth-order valence-corrected chi connectivity index (χ4v) is 2.64. The summed E-state index contributed by atoms with van der Waals surface area (Å²) in [6.07, 6.45) is -0.733. The first-order valence-electron chi connectivity index (χ1n) is 6.37. The lowest BCUT2D eigenvalue weighted by molar-refractivity contribution is 0.192.